The summed E-state index contributed by atoms with van der Waals surface area (Å²) in [7, 11) is 0. The third kappa shape index (κ3) is 4.61. The summed E-state index contributed by atoms with van der Waals surface area (Å²) in [4.78, 5) is 0. The predicted molar refractivity (Wildman–Crippen MR) is 85.5 cm³/mol. The number of hydrogen-bond donors (Lipinski definition) is 2. The number of fused-ring (bicyclic) bond motifs is 1. The summed E-state index contributed by atoms with van der Waals surface area (Å²) in [5.41, 5.74) is 4.05. The van der Waals surface area contributed by atoms with E-state index < -0.39 is 0 Å². The maximum atomic E-state index is 5.78. The van der Waals surface area contributed by atoms with Crippen LogP contribution in [0.4, 0.5) is 0 Å². The Balaban J connectivity index is 1.89. The van der Waals surface area contributed by atoms with Crippen LogP contribution in [0, 0.1) is 0 Å². The second kappa shape index (κ2) is 8.90. The van der Waals surface area contributed by atoms with E-state index in [9.17, 15) is 0 Å². The summed E-state index contributed by atoms with van der Waals surface area (Å²) in [5.74, 6) is 7.45. The van der Waals surface area contributed by atoms with Crippen molar-refractivity contribution >= 4 is 0 Å². The van der Waals surface area contributed by atoms with Crippen molar-refractivity contribution in [1.82, 2.24) is 5.43 Å². The molecule has 1 heterocycles. The number of para-hydroxylation sites is 1. The molecule has 1 aliphatic heterocycles. The molecule has 0 radical (unpaired) electrons. The number of ether oxygens (including phenoxy) is 2. The summed E-state index contributed by atoms with van der Waals surface area (Å²) in [6.45, 7) is 3.47. The lowest BCUT2D eigenvalue weighted by atomic mass is 9.98. The van der Waals surface area contributed by atoms with Gasteiger partial charge >= 0.3 is 0 Å². The van der Waals surface area contributed by atoms with Gasteiger partial charge in [-0.15, -0.1) is 0 Å². The predicted octanol–water partition coefficient (Wildman–Crippen LogP) is 3.71. The van der Waals surface area contributed by atoms with E-state index in [2.05, 4.69) is 18.4 Å². The Morgan fingerprint density at radius 1 is 1.10 bits per heavy atom. The van der Waals surface area contributed by atoms with Crippen molar-refractivity contribution < 1.29 is 9.47 Å². The first-order chi connectivity index (χ1) is 10.4. The minimum absolute atomic E-state index is 0.132. The van der Waals surface area contributed by atoms with E-state index in [-0.39, 0.29) is 6.04 Å². The molecule has 0 aliphatic carbocycles. The lowest BCUT2D eigenvalue weighted by Gasteiger charge is -2.25. The lowest BCUT2D eigenvalue weighted by Crippen LogP contribution is -2.29. The zero-order valence-corrected chi connectivity index (χ0v) is 13.1. The summed E-state index contributed by atoms with van der Waals surface area (Å²) in [6, 6.07) is 6.17. The zero-order valence-electron chi connectivity index (χ0n) is 13.1. The van der Waals surface area contributed by atoms with E-state index in [1.807, 2.05) is 12.1 Å². The van der Waals surface area contributed by atoms with Crippen molar-refractivity contribution in [3.05, 3.63) is 23.8 Å². The number of hydrogen-bond acceptors (Lipinski definition) is 4. The Morgan fingerprint density at radius 2 is 1.86 bits per heavy atom. The third-order valence-electron chi connectivity index (χ3n) is 4.02. The third-order valence-corrected chi connectivity index (χ3v) is 4.02. The highest BCUT2D eigenvalue weighted by atomic mass is 16.6. The smallest absolute Gasteiger partial charge is 0.166 e. The molecule has 1 aromatic rings. The minimum Gasteiger partial charge on any atom is -0.486 e. The van der Waals surface area contributed by atoms with Crippen molar-refractivity contribution in [2.75, 3.05) is 13.2 Å². The Kier molecular flexibility index (Phi) is 6.83. The van der Waals surface area contributed by atoms with Gasteiger partial charge < -0.3 is 9.47 Å². The standard InChI is InChI=1S/C17H28N2O2/c1-2-3-4-5-6-7-10-15(19-18)14-9-8-11-16-17(14)21-13-12-20-16/h8-9,11,15,19H,2-7,10,12-13,18H2,1H3. The molecule has 1 aromatic carbocycles. The van der Waals surface area contributed by atoms with Crippen molar-refractivity contribution in [3.63, 3.8) is 0 Å². The maximum absolute atomic E-state index is 5.78. The fraction of sp³-hybridized carbons (Fsp3) is 0.647. The van der Waals surface area contributed by atoms with E-state index in [0.29, 0.717) is 13.2 Å². The van der Waals surface area contributed by atoms with Crippen LogP contribution in [-0.2, 0) is 0 Å². The van der Waals surface area contributed by atoms with E-state index in [0.717, 1.165) is 23.5 Å². The Hall–Kier alpha value is -1.26. The van der Waals surface area contributed by atoms with Crippen LogP contribution in [-0.4, -0.2) is 13.2 Å². The van der Waals surface area contributed by atoms with Crippen molar-refractivity contribution in [1.29, 1.82) is 0 Å². The topological polar surface area (TPSA) is 56.5 Å². The van der Waals surface area contributed by atoms with E-state index in [1.165, 1.54) is 38.5 Å². The lowest BCUT2D eigenvalue weighted by molar-refractivity contribution is 0.168. The highest BCUT2D eigenvalue weighted by Gasteiger charge is 2.20. The van der Waals surface area contributed by atoms with Crippen LogP contribution in [0.5, 0.6) is 11.5 Å². The number of hydrazine groups is 1. The molecule has 0 spiro atoms. The number of nitrogens with two attached hydrogens (primary N) is 1. The van der Waals surface area contributed by atoms with Gasteiger partial charge in [0.1, 0.15) is 13.2 Å². The fourth-order valence-corrected chi connectivity index (χ4v) is 2.83. The molecule has 4 nitrogen and oxygen atoms in total. The van der Waals surface area contributed by atoms with Gasteiger partial charge in [0.25, 0.3) is 0 Å². The SMILES string of the molecule is CCCCCCCCC(NN)c1cccc2c1OCCO2. The fourth-order valence-electron chi connectivity index (χ4n) is 2.83. The molecule has 1 atom stereocenters. The first-order valence-electron chi connectivity index (χ1n) is 8.21. The molecule has 2 rings (SSSR count). The highest BCUT2D eigenvalue weighted by Crippen LogP contribution is 2.38. The molecule has 4 heteroatoms. The van der Waals surface area contributed by atoms with Gasteiger partial charge in [0.05, 0.1) is 0 Å². The Morgan fingerprint density at radius 3 is 2.67 bits per heavy atom. The van der Waals surface area contributed by atoms with Gasteiger partial charge in [0.15, 0.2) is 11.5 Å². The van der Waals surface area contributed by atoms with Gasteiger partial charge in [-0.1, -0.05) is 57.6 Å². The Bertz CT molecular complexity index is 423. The van der Waals surface area contributed by atoms with Gasteiger partial charge in [0, 0.05) is 11.6 Å². The molecular weight excluding hydrogens is 264 g/mol. The van der Waals surface area contributed by atoms with Gasteiger partial charge in [0.2, 0.25) is 0 Å². The Labute approximate surface area is 128 Å². The van der Waals surface area contributed by atoms with Crippen molar-refractivity contribution in [2.45, 2.75) is 57.9 Å². The molecule has 0 fully saturated rings. The molecule has 0 saturated carbocycles. The first kappa shape index (κ1) is 16.1. The molecule has 0 aromatic heterocycles. The number of rotatable bonds is 9. The van der Waals surface area contributed by atoms with Crippen LogP contribution in [0.15, 0.2) is 18.2 Å². The second-order valence-corrected chi connectivity index (χ2v) is 5.65. The second-order valence-electron chi connectivity index (χ2n) is 5.65. The van der Waals surface area contributed by atoms with E-state index in [4.69, 9.17) is 15.3 Å². The highest BCUT2D eigenvalue weighted by molar-refractivity contribution is 5.48. The molecule has 118 valence electrons. The van der Waals surface area contributed by atoms with Crippen LogP contribution in [0.25, 0.3) is 0 Å². The number of nitrogens with one attached hydrogen (secondary N) is 1. The summed E-state index contributed by atoms with van der Waals surface area (Å²) >= 11 is 0. The zero-order chi connectivity index (χ0) is 14.9. The van der Waals surface area contributed by atoms with Gasteiger partial charge in [-0.2, -0.15) is 0 Å². The van der Waals surface area contributed by atoms with Gasteiger partial charge in [-0.25, -0.2) is 0 Å². The summed E-state index contributed by atoms with van der Waals surface area (Å²) < 4.78 is 11.4. The van der Waals surface area contributed by atoms with Crippen LogP contribution in [0.3, 0.4) is 0 Å². The monoisotopic (exact) mass is 292 g/mol. The molecule has 0 bridgehead atoms. The quantitative estimate of drug-likeness (QED) is 0.414. The molecule has 1 aliphatic rings. The average Bonchev–Trinajstić information content (AvgIpc) is 2.54. The van der Waals surface area contributed by atoms with Crippen LogP contribution in [0.1, 0.15) is 63.5 Å². The van der Waals surface area contributed by atoms with E-state index in [1.54, 1.807) is 0 Å². The minimum atomic E-state index is 0.132. The molecule has 1 unspecified atom stereocenters. The molecule has 0 saturated heterocycles. The number of unbranched alkanes of at least 4 members (excludes halogenated alkanes) is 5. The van der Waals surface area contributed by atoms with Crippen LogP contribution in [0.2, 0.25) is 0 Å². The molecular formula is C17H28N2O2. The number of benzene rings is 1. The molecule has 3 N–H and O–H groups in total. The van der Waals surface area contributed by atoms with Gasteiger partial charge in [-0.05, 0) is 12.5 Å². The largest absolute Gasteiger partial charge is 0.486 e. The summed E-state index contributed by atoms with van der Waals surface area (Å²) in [6.07, 6.45) is 8.78. The molecule has 0 amide bonds. The van der Waals surface area contributed by atoms with E-state index >= 15 is 0 Å². The molecule has 21 heavy (non-hydrogen) atoms. The summed E-state index contributed by atoms with van der Waals surface area (Å²) in [5, 5.41) is 0. The first-order valence-corrected chi connectivity index (χ1v) is 8.21. The normalized spacial score (nSPS) is 15.0. The maximum Gasteiger partial charge on any atom is 0.166 e. The van der Waals surface area contributed by atoms with Crippen molar-refractivity contribution in [3.8, 4) is 11.5 Å². The van der Waals surface area contributed by atoms with Gasteiger partial charge in [-0.3, -0.25) is 11.3 Å². The average molecular weight is 292 g/mol. The van der Waals surface area contributed by atoms with Crippen molar-refractivity contribution in [2.24, 2.45) is 5.84 Å². The van der Waals surface area contributed by atoms with Crippen LogP contribution < -0.4 is 20.7 Å². The van der Waals surface area contributed by atoms with Crippen LogP contribution >= 0.6 is 0 Å².